The van der Waals surface area contributed by atoms with Gasteiger partial charge in [-0.3, -0.25) is 14.7 Å². The highest BCUT2D eigenvalue weighted by atomic mass is 35.5. The second kappa shape index (κ2) is 9.62. The molecule has 0 aliphatic rings. The summed E-state index contributed by atoms with van der Waals surface area (Å²) >= 11 is 6.06. The highest BCUT2D eigenvalue weighted by Crippen LogP contribution is 2.31. The molecule has 7 nitrogen and oxygen atoms in total. The van der Waals surface area contributed by atoms with Crippen LogP contribution in [-0.4, -0.2) is 26.2 Å². The van der Waals surface area contributed by atoms with Crippen LogP contribution >= 0.6 is 11.6 Å². The maximum absolute atomic E-state index is 13.5. The SMILES string of the molecule is O=CNc1ccc(CCc2c(-c3ccc(C(F)(F)F)cc3)[nH]n(-c3nc4ccc(Cl)cc4[nH]3)c2=O)cc1. The number of amides is 1. The molecule has 0 unspecified atom stereocenters. The molecule has 1 amide bonds. The first-order valence-corrected chi connectivity index (χ1v) is 11.6. The number of imidazole rings is 1. The Kier molecular flexibility index (Phi) is 6.34. The number of aromatic nitrogens is 4. The van der Waals surface area contributed by atoms with Crippen molar-refractivity contribution < 1.29 is 18.0 Å². The summed E-state index contributed by atoms with van der Waals surface area (Å²) in [6.45, 7) is 0. The van der Waals surface area contributed by atoms with Gasteiger partial charge >= 0.3 is 6.18 Å². The Morgan fingerprint density at radius 3 is 2.41 bits per heavy atom. The van der Waals surface area contributed by atoms with E-state index in [0.717, 1.165) is 17.7 Å². The van der Waals surface area contributed by atoms with Gasteiger partial charge in [-0.15, -0.1) is 0 Å². The van der Waals surface area contributed by atoms with Crippen molar-refractivity contribution >= 4 is 34.7 Å². The third-order valence-corrected chi connectivity index (χ3v) is 6.21. The lowest BCUT2D eigenvalue weighted by molar-refractivity contribution is -0.137. The van der Waals surface area contributed by atoms with E-state index in [1.165, 1.54) is 16.8 Å². The van der Waals surface area contributed by atoms with E-state index >= 15 is 0 Å². The first-order chi connectivity index (χ1) is 17.7. The van der Waals surface area contributed by atoms with Crippen molar-refractivity contribution in [2.24, 2.45) is 0 Å². The molecular formula is C26H19ClF3N5O2. The monoisotopic (exact) mass is 525 g/mol. The lowest BCUT2D eigenvalue weighted by Gasteiger charge is -2.08. The molecule has 5 aromatic rings. The fraction of sp³-hybridized carbons (Fsp3) is 0.115. The third kappa shape index (κ3) is 5.01. The average molecular weight is 526 g/mol. The molecule has 0 saturated carbocycles. The predicted molar refractivity (Wildman–Crippen MR) is 135 cm³/mol. The number of carbonyl (C=O) groups excluding carboxylic acids is 1. The molecule has 0 saturated heterocycles. The molecule has 0 radical (unpaired) electrons. The minimum atomic E-state index is -4.47. The molecule has 188 valence electrons. The van der Waals surface area contributed by atoms with Gasteiger partial charge < -0.3 is 10.3 Å². The quantitative estimate of drug-likeness (QED) is 0.237. The number of aromatic amines is 2. The van der Waals surface area contributed by atoms with Crippen LogP contribution in [0.5, 0.6) is 0 Å². The van der Waals surface area contributed by atoms with E-state index < -0.39 is 11.7 Å². The number of fused-ring (bicyclic) bond motifs is 1. The molecule has 2 aromatic heterocycles. The zero-order valence-electron chi connectivity index (χ0n) is 19.1. The number of benzene rings is 3. The van der Waals surface area contributed by atoms with Gasteiger partial charge in [-0.25, -0.2) is 4.98 Å². The van der Waals surface area contributed by atoms with Crippen LogP contribution in [0.15, 0.2) is 71.5 Å². The Labute approximate surface area is 212 Å². The molecule has 5 rings (SSSR count). The molecular weight excluding hydrogens is 507 g/mol. The van der Waals surface area contributed by atoms with Gasteiger partial charge in [-0.2, -0.15) is 17.9 Å². The molecule has 0 spiro atoms. The number of alkyl halides is 3. The summed E-state index contributed by atoms with van der Waals surface area (Å²) in [5.41, 5.74) is 2.86. The van der Waals surface area contributed by atoms with Gasteiger partial charge in [-0.05, 0) is 66.4 Å². The normalized spacial score (nSPS) is 11.7. The van der Waals surface area contributed by atoms with Crippen LogP contribution in [0.3, 0.4) is 0 Å². The van der Waals surface area contributed by atoms with E-state index in [1.807, 2.05) is 12.1 Å². The molecule has 0 atom stereocenters. The highest BCUT2D eigenvalue weighted by Gasteiger charge is 2.30. The second-order valence-electron chi connectivity index (χ2n) is 8.36. The van der Waals surface area contributed by atoms with Crippen molar-refractivity contribution in [1.82, 2.24) is 19.7 Å². The summed E-state index contributed by atoms with van der Waals surface area (Å²) in [6, 6.07) is 16.9. The van der Waals surface area contributed by atoms with Crippen LogP contribution in [-0.2, 0) is 23.8 Å². The van der Waals surface area contributed by atoms with Crippen LogP contribution in [0.1, 0.15) is 16.7 Å². The second-order valence-corrected chi connectivity index (χ2v) is 8.80. The predicted octanol–water partition coefficient (Wildman–Crippen LogP) is 5.73. The number of anilines is 1. The van der Waals surface area contributed by atoms with Gasteiger partial charge in [0.05, 0.1) is 22.3 Å². The number of nitrogens with one attached hydrogen (secondary N) is 3. The standard InChI is InChI=1S/C26H19ClF3N5O2/c27-18-8-12-21-22(13-18)33-25(32-21)35-24(37)20(11-3-15-1-9-19(10-2-15)31-14-36)23(34-35)16-4-6-17(7-5-16)26(28,29)30/h1-2,4-10,12-14,34H,3,11H2,(H,31,36)(H,32,33). The Bertz CT molecular complexity index is 1630. The van der Waals surface area contributed by atoms with E-state index in [2.05, 4.69) is 20.4 Å². The van der Waals surface area contributed by atoms with Crippen LogP contribution in [0.4, 0.5) is 18.9 Å². The maximum Gasteiger partial charge on any atom is 0.416 e. The average Bonchev–Trinajstić information content (AvgIpc) is 3.43. The summed E-state index contributed by atoms with van der Waals surface area (Å²) in [5.74, 6) is 0.228. The van der Waals surface area contributed by atoms with E-state index in [0.29, 0.717) is 57.8 Å². The Hall–Kier alpha value is -4.31. The summed E-state index contributed by atoms with van der Waals surface area (Å²) in [7, 11) is 0. The number of hydrogen-bond acceptors (Lipinski definition) is 3. The summed E-state index contributed by atoms with van der Waals surface area (Å²) in [6.07, 6.45) is -3.09. The number of rotatable bonds is 7. The zero-order valence-corrected chi connectivity index (χ0v) is 19.8. The topological polar surface area (TPSA) is 95.6 Å². The minimum absolute atomic E-state index is 0.228. The van der Waals surface area contributed by atoms with Gasteiger partial charge in [0.15, 0.2) is 0 Å². The molecule has 11 heteroatoms. The van der Waals surface area contributed by atoms with Crippen LogP contribution in [0.25, 0.3) is 28.2 Å². The lowest BCUT2D eigenvalue weighted by Crippen LogP contribution is -2.18. The number of H-pyrrole nitrogens is 2. The first-order valence-electron chi connectivity index (χ1n) is 11.2. The summed E-state index contributed by atoms with van der Waals surface area (Å²) in [5, 5.41) is 6.09. The van der Waals surface area contributed by atoms with Gasteiger partial charge in [0, 0.05) is 16.3 Å². The number of aryl methyl sites for hydroxylation is 1. The Balaban J connectivity index is 1.55. The van der Waals surface area contributed by atoms with Crippen molar-refractivity contribution in [3.8, 4) is 17.2 Å². The molecule has 37 heavy (non-hydrogen) atoms. The van der Waals surface area contributed by atoms with Crippen LogP contribution in [0.2, 0.25) is 5.02 Å². The van der Waals surface area contributed by atoms with E-state index in [-0.39, 0.29) is 11.5 Å². The van der Waals surface area contributed by atoms with Crippen molar-refractivity contribution in [1.29, 1.82) is 0 Å². The summed E-state index contributed by atoms with van der Waals surface area (Å²) in [4.78, 5) is 31.6. The Morgan fingerprint density at radius 1 is 1.00 bits per heavy atom. The van der Waals surface area contributed by atoms with Crippen molar-refractivity contribution in [2.75, 3.05) is 5.32 Å². The number of carbonyl (C=O) groups is 1. The van der Waals surface area contributed by atoms with Crippen LogP contribution in [0, 0.1) is 0 Å². The lowest BCUT2D eigenvalue weighted by atomic mass is 10.0. The fourth-order valence-electron chi connectivity index (χ4n) is 4.10. The highest BCUT2D eigenvalue weighted by molar-refractivity contribution is 6.31. The van der Waals surface area contributed by atoms with E-state index in [4.69, 9.17) is 11.6 Å². The van der Waals surface area contributed by atoms with Gasteiger partial charge in [0.2, 0.25) is 12.4 Å². The molecule has 0 fully saturated rings. The summed E-state index contributed by atoms with van der Waals surface area (Å²) < 4.78 is 40.5. The first kappa shape index (κ1) is 24.4. The molecule has 0 bridgehead atoms. The van der Waals surface area contributed by atoms with Crippen LogP contribution < -0.4 is 10.9 Å². The number of halogens is 4. The smallest absolute Gasteiger partial charge is 0.329 e. The number of nitrogens with zero attached hydrogens (tertiary/aromatic N) is 2. The van der Waals surface area contributed by atoms with Gasteiger partial charge in [0.1, 0.15) is 0 Å². The van der Waals surface area contributed by atoms with E-state index in [1.54, 1.807) is 30.3 Å². The van der Waals surface area contributed by atoms with Gasteiger partial charge in [0.25, 0.3) is 5.56 Å². The molecule has 2 heterocycles. The van der Waals surface area contributed by atoms with Crippen molar-refractivity contribution in [3.63, 3.8) is 0 Å². The van der Waals surface area contributed by atoms with E-state index in [9.17, 15) is 22.8 Å². The zero-order chi connectivity index (χ0) is 26.2. The molecule has 3 N–H and O–H groups in total. The largest absolute Gasteiger partial charge is 0.416 e. The third-order valence-electron chi connectivity index (χ3n) is 5.97. The van der Waals surface area contributed by atoms with Crippen molar-refractivity contribution in [2.45, 2.75) is 19.0 Å². The minimum Gasteiger partial charge on any atom is -0.329 e. The Morgan fingerprint density at radius 2 is 1.73 bits per heavy atom. The molecule has 0 aliphatic carbocycles. The molecule has 0 aliphatic heterocycles. The molecule has 3 aromatic carbocycles. The fourth-order valence-corrected chi connectivity index (χ4v) is 4.27. The maximum atomic E-state index is 13.5. The number of hydrogen-bond donors (Lipinski definition) is 3. The van der Waals surface area contributed by atoms with Crippen molar-refractivity contribution in [3.05, 3.63) is 98.8 Å². The van der Waals surface area contributed by atoms with Gasteiger partial charge in [-0.1, -0.05) is 35.9 Å².